The van der Waals surface area contributed by atoms with Crippen LogP contribution in [-0.4, -0.2) is 46.3 Å². The van der Waals surface area contributed by atoms with Gasteiger partial charge in [0.05, 0.1) is 11.1 Å². The number of rotatable bonds is 5. The Hall–Kier alpha value is -3.74. The van der Waals surface area contributed by atoms with Gasteiger partial charge in [0.2, 0.25) is 0 Å². The zero-order valence-corrected chi connectivity index (χ0v) is 28.5. The van der Waals surface area contributed by atoms with Crippen molar-refractivity contribution in [2.75, 3.05) is 0 Å². The van der Waals surface area contributed by atoms with E-state index in [0.717, 1.165) is 58.4 Å². The molecular weight excluding hydrogens is 572 g/mol. The highest BCUT2D eigenvalue weighted by atomic mass is 16.5. The lowest BCUT2D eigenvalue weighted by Crippen LogP contribution is -2.59. The first-order chi connectivity index (χ1) is 21.5. The lowest BCUT2D eigenvalue weighted by Gasteiger charge is -2.45. The Morgan fingerprint density at radius 1 is 0.565 bits per heavy atom. The van der Waals surface area contributed by atoms with Gasteiger partial charge in [-0.05, 0) is 118 Å². The van der Waals surface area contributed by atoms with Gasteiger partial charge in [0.15, 0.2) is 0 Å². The molecule has 0 saturated carbocycles. The third kappa shape index (κ3) is 7.13. The molecule has 6 nitrogen and oxygen atoms in total. The summed E-state index contributed by atoms with van der Waals surface area (Å²) < 4.78 is 12.2. The van der Waals surface area contributed by atoms with Crippen molar-refractivity contribution >= 4 is 33.5 Å². The first kappa shape index (κ1) is 32.2. The molecule has 242 valence electrons. The summed E-state index contributed by atoms with van der Waals surface area (Å²) in [5, 5.41) is 11.1. The van der Waals surface area contributed by atoms with Crippen molar-refractivity contribution in [1.82, 2.24) is 10.6 Å². The van der Waals surface area contributed by atoms with E-state index in [9.17, 15) is 9.59 Å². The molecule has 0 unspecified atom stereocenters. The molecule has 2 fully saturated rings. The van der Waals surface area contributed by atoms with Crippen LogP contribution < -0.4 is 10.6 Å². The molecule has 0 bridgehead atoms. The molecule has 0 atom stereocenters. The highest BCUT2D eigenvalue weighted by Crippen LogP contribution is 2.35. The van der Waals surface area contributed by atoms with Crippen molar-refractivity contribution in [3.63, 3.8) is 0 Å². The van der Waals surface area contributed by atoms with Gasteiger partial charge in [-0.2, -0.15) is 0 Å². The molecule has 2 saturated heterocycles. The zero-order valence-electron chi connectivity index (χ0n) is 28.5. The van der Waals surface area contributed by atoms with Crippen LogP contribution in [0.15, 0.2) is 72.8 Å². The Bertz CT molecular complexity index is 1790. The standard InChI is InChI=1S/C40H48N2O4/c1-37(2)21-31(22-38(3,4)41-37)45-35(43)29-16-15-25-17-27(14-13-26(25)18-29)30-19-28-11-9-10-12-33(28)34(20-30)36(44)46-32-23-39(5,6)42-40(7,8)24-32/h9-20,31-32,41-42H,21-24H2,1-8H3. The monoisotopic (exact) mass is 620 g/mol. The first-order valence-electron chi connectivity index (χ1n) is 16.5. The van der Waals surface area contributed by atoms with Crippen LogP contribution in [0, 0.1) is 0 Å². The molecule has 6 heteroatoms. The number of carbonyl (C=O) groups excluding carboxylic acids is 2. The van der Waals surface area contributed by atoms with E-state index < -0.39 is 0 Å². The fraction of sp³-hybridized carbons (Fsp3) is 0.450. The van der Waals surface area contributed by atoms with E-state index in [1.807, 2.05) is 60.7 Å². The van der Waals surface area contributed by atoms with Crippen molar-refractivity contribution in [1.29, 1.82) is 0 Å². The molecule has 0 aromatic heterocycles. The highest BCUT2D eigenvalue weighted by molar-refractivity contribution is 6.07. The second-order valence-corrected chi connectivity index (χ2v) is 16.2. The molecule has 2 aliphatic heterocycles. The number of esters is 2. The molecule has 2 N–H and O–H groups in total. The second-order valence-electron chi connectivity index (χ2n) is 16.2. The number of benzene rings is 4. The number of ether oxygens (including phenoxy) is 2. The van der Waals surface area contributed by atoms with Crippen molar-refractivity contribution in [2.45, 2.75) is 115 Å². The molecule has 4 aromatic carbocycles. The SMILES string of the molecule is CC1(C)CC(OC(=O)c2ccc3cc(-c4cc(C(=O)OC5CC(C)(C)NC(C)(C)C5)c5ccccc5c4)ccc3c2)CC(C)(C)N1. The van der Waals surface area contributed by atoms with Crippen molar-refractivity contribution in [3.05, 3.63) is 83.9 Å². The predicted molar refractivity (Wildman–Crippen MR) is 186 cm³/mol. The average Bonchev–Trinajstić information content (AvgIpc) is 2.92. The quantitative estimate of drug-likeness (QED) is 0.218. The third-order valence-corrected chi connectivity index (χ3v) is 9.34. The first-order valence-corrected chi connectivity index (χ1v) is 16.5. The molecule has 4 aromatic rings. The fourth-order valence-corrected chi connectivity index (χ4v) is 8.26. The zero-order chi connectivity index (χ0) is 33.1. The Kier molecular flexibility index (Phi) is 8.05. The van der Waals surface area contributed by atoms with Gasteiger partial charge in [-0.3, -0.25) is 0 Å². The van der Waals surface area contributed by atoms with Crippen LogP contribution in [0.4, 0.5) is 0 Å². The molecule has 6 rings (SSSR count). The minimum atomic E-state index is -0.291. The molecule has 0 amide bonds. The summed E-state index contributed by atoms with van der Waals surface area (Å²) >= 11 is 0. The number of piperidine rings is 2. The summed E-state index contributed by atoms with van der Waals surface area (Å²) in [6.07, 6.45) is 2.75. The van der Waals surface area contributed by atoms with Crippen molar-refractivity contribution in [3.8, 4) is 11.1 Å². The predicted octanol–water partition coefficient (Wildman–Crippen LogP) is 8.59. The Labute approximate surface area is 273 Å². The van der Waals surface area contributed by atoms with Gasteiger partial charge in [-0.25, -0.2) is 9.59 Å². The van der Waals surface area contributed by atoms with E-state index in [1.54, 1.807) is 0 Å². The molecule has 2 aliphatic rings. The van der Waals surface area contributed by atoms with Gasteiger partial charge in [-0.15, -0.1) is 0 Å². The normalized spacial score (nSPS) is 20.8. The van der Waals surface area contributed by atoms with E-state index in [1.165, 1.54) is 0 Å². The van der Waals surface area contributed by atoms with E-state index in [2.05, 4.69) is 78.2 Å². The fourth-order valence-electron chi connectivity index (χ4n) is 8.26. The Morgan fingerprint density at radius 2 is 1.07 bits per heavy atom. The number of hydrogen-bond donors (Lipinski definition) is 2. The van der Waals surface area contributed by atoms with Crippen LogP contribution in [-0.2, 0) is 9.47 Å². The summed E-state index contributed by atoms with van der Waals surface area (Å²) in [4.78, 5) is 27.0. The smallest absolute Gasteiger partial charge is 0.339 e. The molecule has 46 heavy (non-hydrogen) atoms. The molecule has 0 radical (unpaired) electrons. The highest BCUT2D eigenvalue weighted by Gasteiger charge is 2.40. The summed E-state index contributed by atoms with van der Waals surface area (Å²) in [6.45, 7) is 17.2. The number of hydrogen-bond acceptors (Lipinski definition) is 6. The maximum atomic E-state index is 13.8. The summed E-state index contributed by atoms with van der Waals surface area (Å²) in [5.41, 5.74) is 2.60. The number of fused-ring (bicyclic) bond motifs is 2. The molecular formula is C40H48N2O4. The molecule has 0 aliphatic carbocycles. The van der Waals surface area contributed by atoms with E-state index in [-0.39, 0.29) is 46.3 Å². The van der Waals surface area contributed by atoms with E-state index in [4.69, 9.17) is 9.47 Å². The van der Waals surface area contributed by atoms with Gasteiger partial charge in [0, 0.05) is 47.8 Å². The lowest BCUT2D eigenvalue weighted by atomic mass is 9.81. The van der Waals surface area contributed by atoms with Crippen molar-refractivity contribution in [2.24, 2.45) is 0 Å². The molecule has 2 heterocycles. The van der Waals surface area contributed by atoms with Crippen molar-refractivity contribution < 1.29 is 19.1 Å². The van der Waals surface area contributed by atoms with Crippen LogP contribution in [0.25, 0.3) is 32.7 Å². The van der Waals surface area contributed by atoms with Crippen LogP contribution in [0.1, 0.15) is 102 Å². The Balaban J connectivity index is 1.26. The van der Waals surface area contributed by atoms with E-state index in [0.29, 0.717) is 11.1 Å². The van der Waals surface area contributed by atoms with Crippen LogP contribution in [0.5, 0.6) is 0 Å². The summed E-state index contributed by atoms with van der Waals surface area (Å²) in [6, 6.07) is 24.0. The van der Waals surface area contributed by atoms with E-state index >= 15 is 0 Å². The van der Waals surface area contributed by atoms with Gasteiger partial charge in [0.25, 0.3) is 0 Å². The van der Waals surface area contributed by atoms with Gasteiger partial charge in [0.1, 0.15) is 12.2 Å². The van der Waals surface area contributed by atoms with Gasteiger partial charge < -0.3 is 20.1 Å². The minimum Gasteiger partial charge on any atom is -0.459 e. The van der Waals surface area contributed by atoms with Gasteiger partial charge >= 0.3 is 11.9 Å². The maximum Gasteiger partial charge on any atom is 0.339 e. The summed E-state index contributed by atoms with van der Waals surface area (Å²) in [5.74, 6) is -0.580. The topological polar surface area (TPSA) is 76.7 Å². The Morgan fingerprint density at radius 3 is 1.67 bits per heavy atom. The largest absolute Gasteiger partial charge is 0.459 e. The number of nitrogens with one attached hydrogen (secondary N) is 2. The maximum absolute atomic E-state index is 13.8. The van der Waals surface area contributed by atoms with Crippen LogP contribution >= 0.6 is 0 Å². The molecule has 0 spiro atoms. The minimum absolute atomic E-state index is 0.104. The van der Waals surface area contributed by atoms with Crippen LogP contribution in [0.3, 0.4) is 0 Å². The van der Waals surface area contributed by atoms with Gasteiger partial charge in [-0.1, -0.05) is 42.5 Å². The second kappa shape index (κ2) is 11.5. The average molecular weight is 621 g/mol. The summed E-state index contributed by atoms with van der Waals surface area (Å²) in [7, 11) is 0. The lowest BCUT2D eigenvalue weighted by molar-refractivity contribution is -0.00756. The number of carbonyl (C=O) groups is 2. The van der Waals surface area contributed by atoms with Crippen LogP contribution in [0.2, 0.25) is 0 Å². The third-order valence-electron chi connectivity index (χ3n) is 9.34.